The normalized spacial score (nSPS) is 21.4. The lowest BCUT2D eigenvalue weighted by Crippen LogP contribution is -2.42. The van der Waals surface area contributed by atoms with Crippen molar-refractivity contribution in [1.29, 1.82) is 0 Å². The number of nitrogens with one attached hydrogen (secondary N) is 3. The molecule has 0 spiro atoms. The van der Waals surface area contributed by atoms with Gasteiger partial charge in [-0.1, -0.05) is 13.8 Å². The number of aliphatic hydroxyl groups is 1. The minimum atomic E-state index is -1.01. The van der Waals surface area contributed by atoms with Crippen LogP contribution in [0.25, 0.3) is 10.9 Å². The quantitative estimate of drug-likeness (QED) is 0.663. The molecule has 1 aromatic carbocycles. The monoisotopic (exact) mass is 344 g/mol. The lowest BCUT2D eigenvalue weighted by Gasteiger charge is -2.18. The topological polar surface area (TPSA) is 107 Å². The number of H-pyrrole nitrogens is 1. The second kappa shape index (κ2) is 7.23. The van der Waals surface area contributed by atoms with E-state index in [-0.39, 0.29) is 29.7 Å². The van der Waals surface area contributed by atoms with Crippen molar-refractivity contribution >= 4 is 28.4 Å². The lowest BCUT2D eigenvalue weighted by molar-refractivity contribution is -0.132. The zero-order valence-corrected chi connectivity index (χ0v) is 14.5. The van der Waals surface area contributed by atoms with Gasteiger partial charge in [0.25, 0.3) is 0 Å². The number of aromatic nitrogens is 2. The van der Waals surface area contributed by atoms with Crippen molar-refractivity contribution in [3.05, 3.63) is 24.4 Å². The van der Waals surface area contributed by atoms with E-state index in [9.17, 15) is 14.7 Å². The van der Waals surface area contributed by atoms with Crippen molar-refractivity contribution in [3.8, 4) is 0 Å². The summed E-state index contributed by atoms with van der Waals surface area (Å²) in [6.07, 6.45) is 2.77. The Bertz CT molecular complexity index is 771. The van der Waals surface area contributed by atoms with Gasteiger partial charge in [0.15, 0.2) is 0 Å². The van der Waals surface area contributed by atoms with Gasteiger partial charge in [-0.15, -0.1) is 0 Å². The third-order valence-electron chi connectivity index (χ3n) is 4.76. The van der Waals surface area contributed by atoms with Crippen LogP contribution in [0, 0.1) is 11.8 Å². The summed E-state index contributed by atoms with van der Waals surface area (Å²) in [6, 6.07) is 5.53. The second-order valence-electron chi connectivity index (χ2n) is 7.07. The zero-order valence-electron chi connectivity index (χ0n) is 14.5. The van der Waals surface area contributed by atoms with Crippen LogP contribution >= 0.6 is 0 Å². The average Bonchev–Trinajstić information content (AvgIpc) is 3.22. The Kier molecular flexibility index (Phi) is 5.03. The number of aromatic amines is 1. The summed E-state index contributed by atoms with van der Waals surface area (Å²) in [4.78, 5) is 24.4. The summed E-state index contributed by atoms with van der Waals surface area (Å²) >= 11 is 0. The number of fused-ring (bicyclic) bond motifs is 1. The molecule has 0 saturated heterocycles. The molecule has 4 N–H and O–H groups in total. The van der Waals surface area contributed by atoms with Gasteiger partial charge in [-0.25, -0.2) is 0 Å². The summed E-state index contributed by atoms with van der Waals surface area (Å²) in [6.45, 7) is 3.60. The number of rotatable bonds is 5. The van der Waals surface area contributed by atoms with Crippen LogP contribution in [-0.4, -0.2) is 39.3 Å². The molecular formula is C18H24N4O3. The van der Waals surface area contributed by atoms with E-state index in [0.29, 0.717) is 6.42 Å². The van der Waals surface area contributed by atoms with Crippen molar-refractivity contribution < 1.29 is 14.7 Å². The summed E-state index contributed by atoms with van der Waals surface area (Å²) in [5.41, 5.74) is 1.66. The highest BCUT2D eigenvalue weighted by Gasteiger charge is 2.32. The van der Waals surface area contributed by atoms with Gasteiger partial charge in [-0.2, -0.15) is 5.10 Å². The molecule has 1 heterocycles. The molecule has 7 heteroatoms. The fourth-order valence-corrected chi connectivity index (χ4v) is 3.20. The first-order chi connectivity index (χ1) is 11.9. The summed E-state index contributed by atoms with van der Waals surface area (Å²) in [7, 11) is 0. The Balaban J connectivity index is 1.54. The largest absolute Gasteiger partial charge is 0.383 e. The van der Waals surface area contributed by atoms with E-state index in [1.54, 1.807) is 20.0 Å². The van der Waals surface area contributed by atoms with Crippen LogP contribution in [0.4, 0.5) is 5.69 Å². The van der Waals surface area contributed by atoms with E-state index in [4.69, 9.17) is 0 Å². The molecule has 2 amide bonds. The van der Waals surface area contributed by atoms with Crippen LogP contribution in [0.2, 0.25) is 0 Å². The Morgan fingerprint density at radius 3 is 2.88 bits per heavy atom. The van der Waals surface area contributed by atoms with Gasteiger partial charge in [0.2, 0.25) is 11.8 Å². The van der Waals surface area contributed by atoms with Gasteiger partial charge in [0.1, 0.15) is 6.10 Å². The molecule has 1 fully saturated rings. The van der Waals surface area contributed by atoms with E-state index in [1.165, 1.54) is 0 Å². The average molecular weight is 344 g/mol. The van der Waals surface area contributed by atoms with E-state index < -0.39 is 6.10 Å². The number of anilines is 1. The van der Waals surface area contributed by atoms with E-state index >= 15 is 0 Å². The van der Waals surface area contributed by atoms with Crippen molar-refractivity contribution in [2.24, 2.45) is 11.8 Å². The van der Waals surface area contributed by atoms with Crippen LogP contribution in [0.1, 0.15) is 33.1 Å². The molecule has 7 nitrogen and oxygen atoms in total. The number of hydrogen-bond acceptors (Lipinski definition) is 4. The standard InChI is InChI=1S/C18H24N4O3/c1-10(2)16(23)18(25)21-13-4-3-11(7-13)17(24)20-14-5-6-15-12(8-14)9-19-22-15/h5-6,8-11,13,16,23H,3-4,7H2,1-2H3,(H,19,22)(H,20,24)(H,21,25)/t11-,13-,16+/m0/s1. The maximum Gasteiger partial charge on any atom is 0.249 e. The van der Waals surface area contributed by atoms with E-state index in [2.05, 4.69) is 20.8 Å². The molecule has 134 valence electrons. The maximum absolute atomic E-state index is 12.5. The Hall–Kier alpha value is -2.41. The number of benzene rings is 1. The van der Waals surface area contributed by atoms with E-state index in [1.807, 2.05) is 18.2 Å². The predicted molar refractivity (Wildman–Crippen MR) is 94.8 cm³/mol. The minimum Gasteiger partial charge on any atom is -0.383 e. The van der Waals surface area contributed by atoms with Gasteiger partial charge in [0, 0.05) is 23.0 Å². The molecule has 25 heavy (non-hydrogen) atoms. The number of amides is 2. The van der Waals surface area contributed by atoms with E-state index in [0.717, 1.165) is 29.4 Å². The fraction of sp³-hybridized carbons (Fsp3) is 0.500. The SMILES string of the molecule is CC(C)[C@@H](O)C(=O)N[C@H]1CC[C@H](C(=O)Nc2ccc3[nH]ncc3c2)C1. The highest BCUT2D eigenvalue weighted by atomic mass is 16.3. The molecule has 0 bridgehead atoms. The second-order valence-corrected chi connectivity index (χ2v) is 7.07. The van der Waals surface area contributed by atoms with Crippen molar-refractivity contribution in [1.82, 2.24) is 15.5 Å². The first kappa shape index (κ1) is 17.4. The molecule has 3 atom stereocenters. The Morgan fingerprint density at radius 1 is 1.32 bits per heavy atom. The third-order valence-corrected chi connectivity index (χ3v) is 4.76. The fourth-order valence-electron chi connectivity index (χ4n) is 3.20. The molecule has 2 aromatic rings. The van der Waals surface area contributed by atoms with Crippen LogP contribution in [0.5, 0.6) is 0 Å². The van der Waals surface area contributed by atoms with Crippen LogP contribution < -0.4 is 10.6 Å². The molecular weight excluding hydrogens is 320 g/mol. The van der Waals surface area contributed by atoms with Crippen LogP contribution in [0.15, 0.2) is 24.4 Å². The Morgan fingerprint density at radius 2 is 2.12 bits per heavy atom. The smallest absolute Gasteiger partial charge is 0.249 e. The summed E-state index contributed by atoms with van der Waals surface area (Å²) < 4.78 is 0. The highest BCUT2D eigenvalue weighted by Crippen LogP contribution is 2.27. The first-order valence-corrected chi connectivity index (χ1v) is 8.66. The van der Waals surface area contributed by atoms with Crippen LogP contribution in [-0.2, 0) is 9.59 Å². The van der Waals surface area contributed by atoms with Crippen LogP contribution in [0.3, 0.4) is 0 Å². The zero-order chi connectivity index (χ0) is 18.0. The molecule has 1 aliphatic carbocycles. The van der Waals surface area contributed by atoms with Gasteiger partial charge in [0.05, 0.1) is 11.7 Å². The lowest BCUT2D eigenvalue weighted by atomic mass is 10.1. The molecule has 3 rings (SSSR count). The molecule has 1 aromatic heterocycles. The van der Waals surface area contributed by atoms with Crippen molar-refractivity contribution in [2.45, 2.75) is 45.3 Å². The molecule has 0 aliphatic heterocycles. The van der Waals surface area contributed by atoms with Crippen molar-refractivity contribution in [3.63, 3.8) is 0 Å². The van der Waals surface area contributed by atoms with Gasteiger partial charge < -0.3 is 15.7 Å². The molecule has 1 saturated carbocycles. The predicted octanol–water partition coefficient (Wildman–Crippen LogP) is 1.80. The maximum atomic E-state index is 12.5. The number of aliphatic hydroxyl groups excluding tert-OH is 1. The number of nitrogens with zero attached hydrogens (tertiary/aromatic N) is 1. The molecule has 1 aliphatic rings. The summed E-state index contributed by atoms with van der Waals surface area (Å²) in [5, 5.41) is 23.4. The van der Waals surface area contributed by atoms with Gasteiger partial charge >= 0.3 is 0 Å². The van der Waals surface area contributed by atoms with Crippen molar-refractivity contribution in [2.75, 3.05) is 5.32 Å². The van der Waals surface area contributed by atoms with Gasteiger partial charge in [-0.05, 0) is 43.4 Å². The van der Waals surface area contributed by atoms with Gasteiger partial charge in [-0.3, -0.25) is 14.7 Å². The minimum absolute atomic E-state index is 0.0380. The number of carbonyl (C=O) groups excluding carboxylic acids is 2. The first-order valence-electron chi connectivity index (χ1n) is 8.66. The third kappa shape index (κ3) is 3.99. The number of hydrogen-bond donors (Lipinski definition) is 4. The molecule has 0 unspecified atom stereocenters. The highest BCUT2D eigenvalue weighted by molar-refractivity contribution is 5.95. The Labute approximate surface area is 146 Å². The number of carbonyl (C=O) groups is 2. The molecule has 0 radical (unpaired) electrons. The summed E-state index contributed by atoms with van der Waals surface area (Å²) in [5.74, 6) is -0.657.